The van der Waals surface area contributed by atoms with Gasteiger partial charge in [0.2, 0.25) is 0 Å². The van der Waals surface area contributed by atoms with Crippen molar-refractivity contribution in [2.24, 2.45) is 0 Å². The summed E-state index contributed by atoms with van der Waals surface area (Å²) in [5.41, 5.74) is 0.367. The van der Waals surface area contributed by atoms with Crippen molar-refractivity contribution < 1.29 is 13.6 Å². The predicted molar refractivity (Wildman–Crippen MR) is 82.0 cm³/mol. The van der Waals surface area contributed by atoms with E-state index in [1.165, 1.54) is 18.2 Å². The lowest BCUT2D eigenvalue weighted by Gasteiger charge is -2.26. The van der Waals surface area contributed by atoms with E-state index in [0.717, 1.165) is 43.7 Å². The molecule has 22 heavy (non-hydrogen) atoms. The SMILES string of the molecule is Cc1nc(-c2c(F)cccc2F)sc1C(=O)N1CCCCC1. The van der Waals surface area contributed by atoms with E-state index in [2.05, 4.69) is 4.98 Å². The van der Waals surface area contributed by atoms with Crippen LogP contribution in [0.15, 0.2) is 18.2 Å². The summed E-state index contributed by atoms with van der Waals surface area (Å²) >= 11 is 1.06. The molecular formula is C16H16F2N2OS. The Kier molecular flexibility index (Phi) is 4.20. The van der Waals surface area contributed by atoms with Crippen LogP contribution in [0.3, 0.4) is 0 Å². The minimum atomic E-state index is -0.661. The van der Waals surface area contributed by atoms with Gasteiger partial charge in [-0.2, -0.15) is 0 Å². The van der Waals surface area contributed by atoms with E-state index in [0.29, 0.717) is 10.6 Å². The molecule has 1 aliphatic rings. The molecule has 0 unspecified atom stereocenters. The second kappa shape index (κ2) is 6.12. The van der Waals surface area contributed by atoms with Crippen LogP contribution < -0.4 is 0 Å². The molecule has 116 valence electrons. The highest BCUT2D eigenvalue weighted by molar-refractivity contribution is 7.17. The number of rotatable bonds is 2. The minimum absolute atomic E-state index is 0.0855. The van der Waals surface area contributed by atoms with Crippen molar-refractivity contribution in [1.82, 2.24) is 9.88 Å². The van der Waals surface area contributed by atoms with E-state index in [1.807, 2.05) is 0 Å². The zero-order valence-corrected chi connectivity index (χ0v) is 13.1. The van der Waals surface area contributed by atoms with Crippen LogP contribution in [-0.4, -0.2) is 28.9 Å². The standard InChI is InChI=1S/C16H16F2N2OS/c1-10-14(16(21)20-8-3-2-4-9-20)22-15(19-10)13-11(17)6-5-7-12(13)18/h5-7H,2-4,8-9H2,1H3. The number of hydrogen-bond acceptors (Lipinski definition) is 3. The molecule has 0 atom stereocenters. The van der Waals surface area contributed by atoms with Gasteiger partial charge in [0.1, 0.15) is 21.5 Å². The molecule has 0 radical (unpaired) electrons. The van der Waals surface area contributed by atoms with Crippen molar-refractivity contribution in [3.63, 3.8) is 0 Å². The monoisotopic (exact) mass is 322 g/mol. The van der Waals surface area contributed by atoms with Crippen molar-refractivity contribution in [1.29, 1.82) is 0 Å². The quantitative estimate of drug-likeness (QED) is 0.836. The van der Waals surface area contributed by atoms with Crippen molar-refractivity contribution in [3.8, 4) is 10.6 Å². The molecule has 0 saturated carbocycles. The summed E-state index contributed by atoms with van der Waals surface area (Å²) in [6.07, 6.45) is 3.13. The van der Waals surface area contributed by atoms with Crippen LogP contribution >= 0.6 is 11.3 Å². The van der Waals surface area contributed by atoms with Gasteiger partial charge in [-0.1, -0.05) is 6.07 Å². The number of likely N-dealkylation sites (tertiary alicyclic amines) is 1. The van der Waals surface area contributed by atoms with Crippen LogP contribution in [0, 0.1) is 18.6 Å². The maximum Gasteiger partial charge on any atom is 0.265 e. The van der Waals surface area contributed by atoms with E-state index >= 15 is 0 Å². The maximum absolute atomic E-state index is 13.9. The first-order valence-electron chi connectivity index (χ1n) is 7.29. The molecule has 0 aliphatic carbocycles. The number of nitrogens with zero attached hydrogens (tertiary/aromatic N) is 2. The molecule has 2 aromatic rings. The van der Waals surface area contributed by atoms with Gasteiger partial charge in [0.25, 0.3) is 5.91 Å². The number of aryl methyl sites for hydroxylation is 1. The van der Waals surface area contributed by atoms with Crippen LogP contribution in [0.5, 0.6) is 0 Å². The normalized spacial score (nSPS) is 15.1. The number of aromatic nitrogens is 1. The second-order valence-electron chi connectivity index (χ2n) is 5.38. The fraction of sp³-hybridized carbons (Fsp3) is 0.375. The summed E-state index contributed by atoms with van der Waals surface area (Å²) < 4.78 is 27.7. The molecule has 1 aromatic carbocycles. The fourth-order valence-corrected chi connectivity index (χ4v) is 3.73. The van der Waals surface area contributed by atoms with Crippen molar-refractivity contribution >= 4 is 17.2 Å². The summed E-state index contributed by atoms with van der Waals surface area (Å²) in [5, 5.41) is 0.216. The number of piperidine rings is 1. The Labute approximate surface area is 131 Å². The van der Waals surface area contributed by atoms with Gasteiger partial charge in [-0.3, -0.25) is 4.79 Å². The number of carbonyl (C=O) groups is 1. The lowest BCUT2D eigenvalue weighted by Crippen LogP contribution is -2.35. The summed E-state index contributed by atoms with van der Waals surface area (Å²) in [6.45, 7) is 3.18. The van der Waals surface area contributed by atoms with Gasteiger partial charge in [0.05, 0.1) is 11.3 Å². The highest BCUT2D eigenvalue weighted by Gasteiger charge is 2.24. The number of halogens is 2. The average molecular weight is 322 g/mol. The zero-order chi connectivity index (χ0) is 15.7. The van der Waals surface area contributed by atoms with E-state index in [4.69, 9.17) is 0 Å². The third-order valence-electron chi connectivity index (χ3n) is 3.81. The molecule has 1 amide bonds. The summed E-state index contributed by atoms with van der Waals surface area (Å²) in [5.74, 6) is -1.41. The van der Waals surface area contributed by atoms with Crippen LogP contribution in [0.1, 0.15) is 34.6 Å². The predicted octanol–water partition coefficient (Wildman–Crippen LogP) is 4.02. The third-order valence-corrected chi connectivity index (χ3v) is 4.97. The van der Waals surface area contributed by atoms with Crippen molar-refractivity contribution in [3.05, 3.63) is 40.4 Å². The van der Waals surface area contributed by atoms with Gasteiger partial charge in [0.15, 0.2) is 0 Å². The topological polar surface area (TPSA) is 33.2 Å². The first kappa shape index (κ1) is 15.1. The molecule has 0 spiro atoms. The Balaban J connectivity index is 1.95. The van der Waals surface area contributed by atoms with Gasteiger partial charge in [0, 0.05) is 13.1 Å². The Bertz CT molecular complexity index is 688. The van der Waals surface area contributed by atoms with Crippen LogP contribution in [0.4, 0.5) is 8.78 Å². The zero-order valence-electron chi connectivity index (χ0n) is 12.2. The van der Waals surface area contributed by atoms with Gasteiger partial charge in [-0.15, -0.1) is 11.3 Å². The Morgan fingerprint density at radius 3 is 2.45 bits per heavy atom. The first-order chi connectivity index (χ1) is 10.6. The third kappa shape index (κ3) is 2.75. The Morgan fingerprint density at radius 1 is 1.18 bits per heavy atom. The Hall–Kier alpha value is -1.82. The fourth-order valence-electron chi connectivity index (χ4n) is 2.64. The number of amides is 1. The van der Waals surface area contributed by atoms with Gasteiger partial charge in [-0.05, 0) is 38.3 Å². The molecule has 2 heterocycles. The molecular weight excluding hydrogens is 306 g/mol. The highest BCUT2D eigenvalue weighted by atomic mass is 32.1. The molecule has 1 aromatic heterocycles. The lowest BCUT2D eigenvalue weighted by atomic mass is 10.1. The molecule has 6 heteroatoms. The van der Waals surface area contributed by atoms with Crippen molar-refractivity contribution in [2.75, 3.05) is 13.1 Å². The van der Waals surface area contributed by atoms with E-state index in [1.54, 1.807) is 11.8 Å². The molecule has 1 aliphatic heterocycles. The Morgan fingerprint density at radius 2 is 1.82 bits per heavy atom. The van der Waals surface area contributed by atoms with Crippen LogP contribution in [0.25, 0.3) is 10.6 Å². The van der Waals surface area contributed by atoms with Gasteiger partial charge < -0.3 is 4.90 Å². The largest absolute Gasteiger partial charge is 0.338 e. The number of benzene rings is 1. The molecule has 1 fully saturated rings. The number of thiazole rings is 1. The number of carbonyl (C=O) groups excluding carboxylic acids is 1. The smallest absolute Gasteiger partial charge is 0.265 e. The minimum Gasteiger partial charge on any atom is -0.338 e. The van der Waals surface area contributed by atoms with E-state index in [9.17, 15) is 13.6 Å². The molecule has 0 N–H and O–H groups in total. The van der Waals surface area contributed by atoms with Crippen molar-refractivity contribution in [2.45, 2.75) is 26.2 Å². The molecule has 0 bridgehead atoms. The molecule has 3 nitrogen and oxygen atoms in total. The number of hydrogen-bond donors (Lipinski definition) is 0. The highest BCUT2D eigenvalue weighted by Crippen LogP contribution is 2.32. The second-order valence-corrected chi connectivity index (χ2v) is 6.38. The summed E-state index contributed by atoms with van der Waals surface area (Å²) in [6, 6.07) is 3.71. The van der Waals surface area contributed by atoms with Crippen LogP contribution in [-0.2, 0) is 0 Å². The van der Waals surface area contributed by atoms with Crippen LogP contribution in [0.2, 0.25) is 0 Å². The lowest BCUT2D eigenvalue weighted by molar-refractivity contribution is 0.0728. The van der Waals surface area contributed by atoms with E-state index in [-0.39, 0.29) is 16.5 Å². The first-order valence-corrected chi connectivity index (χ1v) is 8.10. The average Bonchev–Trinajstić information content (AvgIpc) is 2.89. The van der Waals surface area contributed by atoms with Gasteiger partial charge in [-0.25, -0.2) is 13.8 Å². The summed E-state index contributed by atoms with van der Waals surface area (Å²) in [4.78, 5) is 19.0. The molecule has 3 rings (SSSR count). The van der Waals surface area contributed by atoms with E-state index < -0.39 is 11.6 Å². The maximum atomic E-state index is 13.9. The summed E-state index contributed by atoms with van der Waals surface area (Å²) in [7, 11) is 0. The van der Waals surface area contributed by atoms with Gasteiger partial charge >= 0.3 is 0 Å². The molecule has 1 saturated heterocycles.